The van der Waals surface area contributed by atoms with Gasteiger partial charge in [0.15, 0.2) is 0 Å². The highest BCUT2D eigenvalue weighted by molar-refractivity contribution is 5.94. The van der Waals surface area contributed by atoms with Crippen molar-refractivity contribution in [3.63, 3.8) is 0 Å². The van der Waals surface area contributed by atoms with Crippen LogP contribution in [0.5, 0.6) is 5.75 Å². The van der Waals surface area contributed by atoms with E-state index in [4.69, 9.17) is 4.74 Å². The third-order valence-corrected chi connectivity index (χ3v) is 5.87. The van der Waals surface area contributed by atoms with Gasteiger partial charge in [-0.15, -0.1) is 0 Å². The van der Waals surface area contributed by atoms with Gasteiger partial charge in [-0.25, -0.2) is 0 Å². The quantitative estimate of drug-likeness (QED) is 0.701. The Morgan fingerprint density at radius 1 is 1.14 bits per heavy atom. The van der Waals surface area contributed by atoms with E-state index in [1.165, 1.54) is 0 Å². The number of rotatable bonds is 5. The standard InChI is InChI=1S/C24H26N2O3/c1-16-6-5-7-18-14-19(23(27)25-22(16)18)15-26(20-8-3-4-9-20)24(28)17-10-12-21(29-2)13-11-17/h5-7,10-14,20H,3-4,8-9,15H2,1-2H3,(H,25,27). The summed E-state index contributed by atoms with van der Waals surface area (Å²) < 4.78 is 5.20. The minimum absolute atomic E-state index is 0.0386. The van der Waals surface area contributed by atoms with Crippen LogP contribution in [0.2, 0.25) is 0 Å². The average molecular weight is 390 g/mol. The zero-order chi connectivity index (χ0) is 20.4. The first-order valence-electron chi connectivity index (χ1n) is 10.1. The number of aryl methyl sites for hydroxylation is 1. The Bertz CT molecular complexity index is 1080. The van der Waals surface area contributed by atoms with E-state index in [0.717, 1.165) is 47.9 Å². The molecule has 0 unspecified atom stereocenters. The Morgan fingerprint density at radius 2 is 1.86 bits per heavy atom. The average Bonchev–Trinajstić information content (AvgIpc) is 3.27. The van der Waals surface area contributed by atoms with Gasteiger partial charge in [-0.3, -0.25) is 9.59 Å². The molecular weight excluding hydrogens is 364 g/mol. The predicted octanol–water partition coefficient (Wildman–Crippen LogP) is 4.43. The lowest BCUT2D eigenvalue weighted by molar-refractivity contribution is 0.0664. The Morgan fingerprint density at radius 3 is 2.55 bits per heavy atom. The van der Waals surface area contributed by atoms with E-state index < -0.39 is 0 Å². The molecule has 0 aliphatic heterocycles. The largest absolute Gasteiger partial charge is 0.497 e. The number of nitrogens with zero attached hydrogens (tertiary/aromatic N) is 1. The van der Waals surface area contributed by atoms with Crippen molar-refractivity contribution in [1.29, 1.82) is 0 Å². The van der Waals surface area contributed by atoms with Crippen LogP contribution in [0.3, 0.4) is 0 Å². The minimum atomic E-state index is -0.127. The molecule has 1 amide bonds. The number of carbonyl (C=O) groups is 1. The van der Waals surface area contributed by atoms with Gasteiger partial charge in [-0.1, -0.05) is 31.0 Å². The van der Waals surface area contributed by atoms with Crippen LogP contribution in [0.15, 0.2) is 53.3 Å². The van der Waals surface area contributed by atoms with Gasteiger partial charge in [0.1, 0.15) is 5.75 Å². The number of amides is 1. The summed E-state index contributed by atoms with van der Waals surface area (Å²) in [5.74, 6) is 0.679. The third kappa shape index (κ3) is 3.90. The number of fused-ring (bicyclic) bond motifs is 1. The monoisotopic (exact) mass is 390 g/mol. The maximum atomic E-state index is 13.3. The zero-order valence-corrected chi connectivity index (χ0v) is 16.9. The third-order valence-electron chi connectivity index (χ3n) is 5.87. The first-order valence-corrected chi connectivity index (χ1v) is 10.1. The van der Waals surface area contributed by atoms with Crippen LogP contribution in [-0.2, 0) is 6.54 Å². The van der Waals surface area contributed by atoms with Crippen molar-refractivity contribution in [2.75, 3.05) is 7.11 Å². The van der Waals surface area contributed by atoms with Gasteiger partial charge in [0.05, 0.1) is 19.2 Å². The van der Waals surface area contributed by atoms with Crippen molar-refractivity contribution in [3.8, 4) is 5.75 Å². The Kier molecular flexibility index (Phi) is 5.38. The van der Waals surface area contributed by atoms with E-state index in [2.05, 4.69) is 4.98 Å². The Balaban J connectivity index is 1.69. The molecule has 5 nitrogen and oxygen atoms in total. The molecule has 1 aromatic heterocycles. The molecule has 3 aromatic rings. The molecule has 150 valence electrons. The smallest absolute Gasteiger partial charge is 0.254 e. The number of aromatic nitrogens is 1. The molecule has 1 aliphatic rings. The van der Waals surface area contributed by atoms with Gasteiger partial charge in [-0.05, 0) is 61.0 Å². The number of nitrogens with one attached hydrogen (secondary N) is 1. The summed E-state index contributed by atoms with van der Waals surface area (Å²) in [6.07, 6.45) is 4.19. The number of ether oxygens (including phenoxy) is 1. The van der Waals surface area contributed by atoms with Crippen LogP contribution in [0.4, 0.5) is 0 Å². The molecule has 2 aromatic carbocycles. The number of carbonyl (C=O) groups excluding carboxylic acids is 1. The first kappa shape index (κ1) is 19.2. The number of methoxy groups -OCH3 is 1. The second-order valence-electron chi connectivity index (χ2n) is 7.76. The molecule has 0 bridgehead atoms. The zero-order valence-electron chi connectivity index (χ0n) is 16.9. The lowest BCUT2D eigenvalue weighted by atomic mass is 10.1. The molecule has 29 heavy (non-hydrogen) atoms. The van der Waals surface area contributed by atoms with Gasteiger partial charge < -0.3 is 14.6 Å². The molecule has 0 radical (unpaired) electrons. The summed E-state index contributed by atoms with van der Waals surface area (Å²) in [6.45, 7) is 2.30. The van der Waals surface area contributed by atoms with Crippen LogP contribution in [-0.4, -0.2) is 28.9 Å². The highest BCUT2D eigenvalue weighted by Gasteiger charge is 2.28. The van der Waals surface area contributed by atoms with Crippen molar-refractivity contribution >= 4 is 16.8 Å². The normalized spacial score (nSPS) is 14.3. The van der Waals surface area contributed by atoms with Gasteiger partial charge >= 0.3 is 0 Å². The molecule has 1 heterocycles. The highest BCUT2D eigenvalue weighted by Crippen LogP contribution is 2.27. The first-order chi connectivity index (χ1) is 14.1. The molecule has 1 fully saturated rings. The maximum Gasteiger partial charge on any atom is 0.254 e. The molecule has 0 saturated heterocycles. The van der Waals surface area contributed by atoms with Gasteiger partial charge in [0, 0.05) is 17.2 Å². The maximum absolute atomic E-state index is 13.3. The summed E-state index contributed by atoms with van der Waals surface area (Å²) in [7, 11) is 1.61. The summed E-state index contributed by atoms with van der Waals surface area (Å²) in [5.41, 5.74) is 3.00. The molecule has 5 heteroatoms. The SMILES string of the molecule is COc1ccc(C(=O)N(Cc2cc3cccc(C)c3[nH]c2=O)C2CCCC2)cc1. The molecule has 0 atom stereocenters. The number of para-hydroxylation sites is 1. The van der Waals surface area contributed by atoms with Crippen LogP contribution < -0.4 is 10.3 Å². The topological polar surface area (TPSA) is 62.4 Å². The van der Waals surface area contributed by atoms with Crippen LogP contribution in [0.1, 0.15) is 47.2 Å². The predicted molar refractivity (Wildman–Crippen MR) is 114 cm³/mol. The fraction of sp³-hybridized carbons (Fsp3) is 0.333. The number of benzene rings is 2. The van der Waals surface area contributed by atoms with E-state index in [1.54, 1.807) is 31.4 Å². The molecule has 0 spiro atoms. The second kappa shape index (κ2) is 8.11. The second-order valence-corrected chi connectivity index (χ2v) is 7.76. The van der Waals surface area contributed by atoms with E-state index in [9.17, 15) is 9.59 Å². The summed E-state index contributed by atoms with van der Waals surface area (Å²) >= 11 is 0. The van der Waals surface area contributed by atoms with Crippen molar-refractivity contribution in [2.45, 2.75) is 45.2 Å². The minimum Gasteiger partial charge on any atom is -0.497 e. The van der Waals surface area contributed by atoms with E-state index in [-0.39, 0.29) is 17.5 Å². The fourth-order valence-electron chi connectivity index (χ4n) is 4.21. The Hall–Kier alpha value is -3.08. The van der Waals surface area contributed by atoms with E-state index in [0.29, 0.717) is 17.7 Å². The van der Waals surface area contributed by atoms with Crippen molar-refractivity contribution < 1.29 is 9.53 Å². The molecule has 1 aliphatic carbocycles. The molecule has 4 rings (SSSR count). The van der Waals surface area contributed by atoms with Crippen LogP contribution in [0, 0.1) is 6.92 Å². The van der Waals surface area contributed by atoms with Gasteiger partial charge in [-0.2, -0.15) is 0 Å². The van der Waals surface area contributed by atoms with Crippen molar-refractivity contribution in [3.05, 3.63) is 75.6 Å². The van der Waals surface area contributed by atoms with E-state index >= 15 is 0 Å². The lowest BCUT2D eigenvalue weighted by Gasteiger charge is -2.29. The number of H-pyrrole nitrogens is 1. The van der Waals surface area contributed by atoms with Crippen molar-refractivity contribution in [1.82, 2.24) is 9.88 Å². The Labute approximate surface area is 170 Å². The molecular formula is C24H26N2O3. The molecule has 1 saturated carbocycles. The van der Waals surface area contributed by atoms with Gasteiger partial charge in [0.25, 0.3) is 11.5 Å². The molecule has 1 N–H and O–H groups in total. The highest BCUT2D eigenvalue weighted by atomic mass is 16.5. The lowest BCUT2D eigenvalue weighted by Crippen LogP contribution is -2.39. The number of hydrogen-bond acceptors (Lipinski definition) is 3. The van der Waals surface area contributed by atoms with Crippen LogP contribution in [0.25, 0.3) is 10.9 Å². The van der Waals surface area contributed by atoms with Gasteiger partial charge in [0.2, 0.25) is 0 Å². The summed E-state index contributed by atoms with van der Waals surface area (Å²) in [6, 6.07) is 15.2. The van der Waals surface area contributed by atoms with Crippen LogP contribution >= 0.6 is 0 Å². The van der Waals surface area contributed by atoms with E-state index in [1.807, 2.05) is 36.1 Å². The number of pyridine rings is 1. The number of aromatic amines is 1. The van der Waals surface area contributed by atoms with Crippen molar-refractivity contribution in [2.24, 2.45) is 0 Å². The summed E-state index contributed by atoms with van der Waals surface area (Å²) in [5, 5.41) is 0.989. The summed E-state index contributed by atoms with van der Waals surface area (Å²) in [4.78, 5) is 31.0. The fourth-order valence-corrected chi connectivity index (χ4v) is 4.21. The number of hydrogen-bond donors (Lipinski definition) is 1.